The van der Waals surface area contributed by atoms with Crippen LogP contribution in [0.2, 0.25) is 0 Å². The van der Waals surface area contributed by atoms with Gasteiger partial charge in [-0.2, -0.15) is 0 Å². The van der Waals surface area contributed by atoms with Crippen molar-refractivity contribution < 1.29 is 5.11 Å². The van der Waals surface area contributed by atoms with E-state index in [-0.39, 0.29) is 30.5 Å². The van der Waals surface area contributed by atoms with E-state index in [2.05, 4.69) is 19.9 Å². The molecule has 1 atom stereocenters. The summed E-state index contributed by atoms with van der Waals surface area (Å²) in [5, 5.41) is 13.1. The zero-order valence-corrected chi connectivity index (χ0v) is 16.3. The van der Waals surface area contributed by atoms with Crippen LogP contribution < -0.4 is 10.6 Å². The first-order chi connectivity index (χ1) is 11.2. The number of piperazine rings is 1. The van der Waals surface area contributed by atoms with Crippen LogP contribution in [0.1, 0.15) is 11.7 Å². The van der Waals surface area contributed by atoms with E-state index in [0.717, 1.165) is 36.9 Å². The van der Waals surface area contributed by atoms with Gasteiger partial charge in [0.2, 0.25) is 0 Å². The molecular formula is C15H21IN6OS. The van der Waals surface area contributed by atoms with Gasteiger partial charge >= 0.3 is 0 Å². The van der Waals surface area contributed by atoms with Crippen LogP contribution >= 0.6 is 35.3 Å². The second kappa shape index (κ2) is 9.14. The van der Waals surface area contributed by atoms with Crippen molar-refractivity contribution in [1.29, 1.82) is 0 Å². The van der Waals surface area contributed by atoms with Gasteiger partial charge in [0.05, 0.1) is 12.6 Å². The Balaban J connectivity index is 0.00000208. The maximum absolute atomic E-state index is 10.1. The summed E-state index contributed by atoms with van der Waals surface area (Å²) >= 11 is 1.65. The lowest BCUT2D eigenvalue weighted by Gasteiger charge is -2.35. The average molecular weight is 460 g/mol. The summed E-state index contributed by atoms with van der Waals surface area (Å²) in [6.45, 7) is 3.61. The number of nitrogens with two attached hydrogens (primary N) is 1. The van der Waals surface area contributed by atoms with Gasteiger partial charge in [0.1, 0.15) is 0 Å². The van der Waals surface area contributed by atoms with Crippen molar-refractivity contribution in [3.63, 3.8) is 0 Å². The molecule has 9 heteroatoms. The highest BCUT2D eigenvalue weighted by Crippen LogP contribution is 2.19. The molecule has 0 aromatic carbocycles. The number of nitrogens with zero attached hydrogens (tertiary/aromatic N) is 5. The number of aromatic nitrogens is 2. The quantitative estimate of drug-likeness (QED) is 0.407. The molecule has 3 rings (SSSR count). The summed E-state index contributed by atoms with van der Waals surface area (Å²) in [5.74, 6) is 0.483. The number of pyridine rings is 1. The van der Waals surface area contributed by atoms with Gasteiger partial charge in [0.15, 0.2) is 11.1 Å². The van der Waals surface area contributed by atoms with Crippen LogP contribution in [0.25, 0.3) is 0 Å². The van der Waals surface area contributed by atoms with Crippen molar-refractivity contribution in [3.05, 3.63) is 41.7 Å². The second-order valence-electron chi connectivity index (χ2n) is 5.28. The summed E-state index contributed by atoms with van der Waals surface area (Å²) in [5.41, 5.74) is 6.86. The molecule has 0 bridgehead atoms. The number of guanidine groups is 1. The number of aliphatic hydroxyl groups is 1. The van der Waals surface area contributed by atoms with E-state index in [0.29, 0.717) is 5.96 Å². The smallest absolute Gasteiger partial charge is 0.191 e. The van der Waals surface area contributed by atoms with Crippen molar-refractivity contribution in [2.24, 2.45) is 10.7 Å². The number of aliphatic hydroxyl groups excluding tert-OH is 1. The van der Waals surface area contributed by atoms with Gasteiger partial charge in [0, 0.05) is 50.1 Å². The average Bonchev–Trinajstić information content (AvgIpc) is 3.15. The minimum Gasteiger partial charge on any atom is -0.386 e. The van der Waals surface area contributed by atoms with E-state index < -0.39 is 6.10 Å². The van der Waals surface area contributed by atoms with Crippen LogP contribution in [-0.2, 0) is 0 Å². The molecule has 0 amide bonds. The molecule has 1 saturated heterocycles. The third-order valence-electron chi connectivity index (χ3n) is 3.81. The van der Waals surface area contributed by atoms with Crippen LogP contribution in [-0.4, -0.2) is 58.7 Å². The van der Waals surface area contributed by atoms with Crippen molar-refractivity contribution in [2.75, 3.05) is 37.6 Å². The maximum atomic E-state index is 10.1. The molecule has 0 aliphatic carbocycles. The Hall–Kier alpha value is -1.46. The fourth-order valence-corrected chi connectivity index (χ4v) is 3.17. The second-order valence-corrected chi connectivity index (χ2v) is 6.16. The number of halogens is 1. The number of hydrogen-bond acceptors (Lipinski definition) is 6. The Kier molecular flexibility index (Phi) is 7.18. The maximum Gasteiger partial charge on any atom is 0.191 e. The molecule has 1 aliphatic rings. The van der Waals surface area contributed by atoms with Crippen LogP contribution in [0.15, 0.2) is 41.1 Å². The number of rotatable bonds is 4. The minimum atomic E-state index is -0.659. The van der Waals surface area contributed by atoms with E-state index in [1.165, 1.54) is 0 Å². The number of aliphatic imine (C=N–C) groups is 1. The van der Waals surface area contributed by atoms with Crippen LogP contribution in [0.5, 0.6) is 0 Å². The van der Waals surface area contributed by atoms with E-state index >= 15 is 0 Å². The molecule has 2 aromatic rings. The molecule has 1 aliphatic heterocycles. The van der Waals surface area contributed by atoms with Gasteiger partial charge in [-0.3, -0.25) is 9.98 Å². The molecule has 3 N–H and O–H groups in total. The topological polar surface area (TPSA) is 90.9 Å². The van der Waals surface area contributed by atoms with Gasteiger partial charge < -0.3 is 20.6 Å². The third kappa shape index (κ3) is 4.77. The molecule has 0 radical (unpaired) electrons. The molecule has 0 spiro atoms. The standard InChI is InChI=1S/C15H20N6OS.HI/c16-14(19-11-13(22)12-1-3-17-4-2-12)20-6-8-21(9-7-20)15-18-5-10-23-15;/h1-5,10,13,22H,6-9,11H2,(H2,16,19);1H. The first-order valence-corrected chi connectivity index (χ1v) is 8.39. The monoisotopic (exact) mass is 460 g/mol. The van der Waals surface area contributed by atoms with Crippen molar-refractivity contribution in [2.45, 2.75) is 6.10 Å². The number of thiazole rings is 1. The third-order valence-corrected chi connectivity index (χ3v) is 4.64. The summed E-state index contributed by atoms with van der Waals surface area (Å²) in [6.07, 6.45) is 4.48. The SMILES string of the molecule is I.NC(=NCC(O)c1ccncc1)N1CCN(c2nccs2)CC1. The highest BCUT2D eigenvalue weighted by atomic mass is 127. The molecule has 3 heterocycles. The van der Waals surface area contributed by atoms with Crippen molar-refractivity contribution in [1.82, 2.24) is 14.9 Å². The summed E-state index contributed by atoms with van der Waals surface area (Å²) < 4.78 is 0. The highest BCUT2D eigenvalue weighted by molar-refractivity contribution is 14.0. The molecule has 7 nitrogen and oxygen atoms in total. The van der Waals surface area contributed by atoms with E-state index in [1.54, 1.807) is 35.9 Å². The van der Waals surface area contributed by atoms with Gasteiger partial charge in [-0.1, -0.05) is 0 Å². The lowest BCUT2D eigenvalue weighted by atomic mass is 10.1. The Morgan fingerprint density at radius 2 is 1.96 bits per heavy atom. The van der Waals surface area contributed by atoms with Gasteiger partial charge in [-0.15, -0.1) is 35.3 Å². The highest BCUT2D eigenvalue weighted by Gasteiger charge is 2.20. The van der Waals surface area contributed by atoms with Crippen LogP contribution in [0.3, 0.4) is 0 Å². The summed E-state index contributed by atoms with van der Waals surface area (Å²) in [6, 6.07) is 3.56. The molecule has 2 aromatic heterocycles. The Labute approximate surface area is 162 Å². The lowest BCUT2D eigenvalue weighted by molar-refractivity contribution is 0.186. The fraction of sp³-hybridized carbons (Fsp3) is 0.400. The van der Waals surface area contributed by atoms with Gasteiger partial charge in [0.25, 0.3) is 0 Å². The van der Waals surface area contributed by atoms with E-state index in [4.69, 9.17) is 5.73 Å². The molecule has 1 unspecified atom stereocenters. The zero-order chi connectivity index (χ0) is 16.1. The fourth-order valence-electron chi connectivity index (χ4n) is 2.47. The summed E-state index contributed by atoms with van der Waals surface area (Å²) in [7, 11) is 0. The largest absolute Gasteiger partial charge is 0.386 e. The van der Waals surface area contributed by atoms with Crippen molar-refractivity contribution in [3.8, 4) is 0 Å². The lowest BCUT2D eigenvalue weighted by Crippen LogP contribution is -2.51. The molecular weight excluding hydrogens is 439 g/mol. The zero-order valence-electron chi connectivity index (χ0n) is 13.2. The van der Waals surface area contributed by atoms with Gasteiger partial charge in [-0.25, -0.2) is 4.98 Å². The first kappa shape index (κ1) is 18.9. The number of hydrogen-bond donors (Lipinski definition) is 2. The normalized spacial score (nSPS) is 16.6. The molecule has 1 fully saturated rings. The number of anilines is 1. The summed E-state index contributed by atoms with van der Waals surface area (Å²) in [4.78, 5) is 16.9. The minimum absolute atomic E-state index is 0. The Morgan fingerprint density at radius 3 is 2.58 bits per heavy atom. The van der Waals surface area contributed by atoms with Crippen LogP contribution in [0, 0.1) is 0 Å². The Bertz CT molecular complexity index is 631. The molecule has 24 heavy (non-hydrogen) atoms. The molecule has 0 saturated carbocycles. The predicted octanol–water partition coefficient (Wildman–Crippen LogP) is 1.33. The predicted molar refractivity (Wildman–Crippen MR) is 107 cm³/mol. The van der Waals surface area contributed by atoms with E-state index in [1.807, 2.05) is 16.5 Å². The first-order valence-electron chi connectivity index (χ1n) is 7.51. The van der Waals surface area contributed by atoms with E-state index in [9.17, 15) is 5.11 Å². The molecule has 130 valence electrons. The van der Waals surface area contributed by atoms with Crippen molar-refractivity contribution >= 4 is 46.4 Å². The van der Waals surface area contributed by atoms with Gasteiger partial charge in [-0.05, 0) is 17.7 Å². The van der Waals surface area contributed by atoms with Crippen LogP contribution in [0.4, 0.5) is 5.13 Å². The Morgan fingerprint density at radius 1 is 1.25 bits per heavy atom.